The first-order chi connectivity index (χ1) is 15.0. The molecule has 0 unspecified atom stereocenters. The van der Waals surface area contributed by atoms with Crippen molar-refractivity contribution in [1.82, 2.24) is 19.5 Å². The molecule has 8 heteroatoms. The minimum atomic E-state index is -0.462. The maximum Gasteiger partial charge on any atom is 0.272 e. The van der Waals surface area contributed by atoms with Crippen molar-refractivity contribution < 1.29 is 9.18 Å². The largest absolute Gasteiger partial charge is 0.356 e. The van der Waals surface area contributed by atoms with Crippen LogP contribution in [0.2, 0.25) is 0 Å². The Labute approximate surface area is 181 Å². The molecule has 2 aromatic rings. The van der Waals surface area contributed by atoms with E-state index in [0.29, 0.717) is 18.9 Å². The molecule has 2 saturated heterocycles. The van der Waals surface area contributed by atoms with Gasteiger partial charge >= 0.3 is 0 Å². The number of carbonyl (C=O) groups excluding carboxylic acids is 1. The van der Waals surface area contributed by atoms with Gasteiger partial charge in [-0.25, -0.2) is 14.5 Å². The first kappa shape index (κ1) is 20.2. The molecule has 0 aliphatic carbocycles. The predicted octanol–water partition coefficient (Wildman–Crippen LogP) is 3.98. The average Bonchev–Trinajstić information content (AvgIpc) is 3.38. The number of hydrogen-bond donors (Lipinski definition) is 0. The second-order valence-corrected chi connectivity index (χ2v) is 9.09. The number of fused-ring (bicyclic) bond motifs is 1. The molecule has 2 fully saturated rings. The van der Waals surface area contributed by atoms with Crippen LogP contribution in [0.15, 0.2) is 29.0 Å². The van der Waals surface area contributed by atoms with Crippen molar-refractivity contribution in [3.05, 3.63) is 35.3 Å². The second-order valence-electron chi connectivity index (χ2n) is 9.09. The molecule has 3 aliphatic rings. The number of anilines is 1. The zero-order valence-electron chi connectivity index (χ0n) is 18.2. The highest BCUT2D eigenvalue weighted by molar-refractivity contribution is 5.97. The fourth-order valence-electron chi connectivity index (χ4n) is 4.95. The molecule has 2 aromatic heterocycles. The fraction of sp³-hybridized carbons (Fsp3) is 0.565. The number of aliphatic imine (C=N–C) groups is 1. The Kier molecular flexibility index (Phi) is 5.24. The summed E-state index contributed by atoms with van der Waals surface area (Å²) in [7, 11) is 0. The molecule has 2 atom stereocenters. The van der Waals surface area contributed by atoms with Gasteiger partial charge in [0, 0.05) is 43.9 Å². The number of hydrogen-bond acceptors (Lipinski definition) is 5. The summed E-state index contributed by atoms with van der Waals surface area (Å²) >= 11 is 0. The van der Waals surface area contributed by atoms with Crippen molar-refractivity contribution in [2.24, 2.45) is 10.9 Å². The first-order valence-electron chi connectivity index (χ1n) is 11.4. The van der Waals surface area contributed by atoms with E-state index in [0.717, 1.165) is 55.1 Å². The molecule has 0 saturated carbocycles. The number of aromatic nitrogens is 3. The lowest BCUT2D eigenvalue weighted by molar-refractivity contribution is -0.131. The molecule has 5 rings (SSSR count). The van der Waals surface area contributed by atoms with E-state index in [1.807, 2.05) is 21.7 Å². The Morgan fingerprint density at radius 3 is 2.87 bits per heavy atom. The van der Waals surface area contributed by atoms with E-state index < -0.39 is 5.97 Å². The van der Waals surface area contributed by atoms with E-state index in [-0.39, 0.29) is 24.1 Å². The zero-order chi connectivity index (χ0) is 21.5. The highest BCUT2D eigenvalue weighted by Crippen LogP contribution is 2.33. The highest BCUT2D eigenvalue weighted by Gasteiger charge is 2.32. The lowest BCUT2D eigenvalue weighted by Gasteiger charge is -2.35. The van der Waals surface area contributed by atoms with E-state index in [9.17, 15) is 9.18 Å². The highest BCUT2D eigenvalue weighted by atomic mass is 19.1. The zero-order valence-corrected chi connectivity index (χ0v) is 18.2. The minimum Gasteiger partial charge on any atom is -0.356 e. The van der Waals surface area contributed by atoms with Crippen LogP contribution in [0.4, 0.5) is 10.2 Å². The van der Waals surface area contributed by atoms with E-state index in [2.05, 4.69) is 23.7 Å². The average molecular weight is 425 g/mol. The van der Waals surface area contributed by atoms with Gasteiger partial charge in [-0.2, -0.15) is 9.49 Å². The van der Waals surface area contributed by atoms with Crippen LogP contribution < -0.4 is 4.90 Å². The van der Waals surface area contributed by atoms with E-state index in [1.54, 1.807) is 6.08 Å². The number of carbonyl (C=O) groups is 1. The number of amides is 1. The van der Waals surface area contributed by atoms with Crippen molar-refractivity contribution in [3.8, 4) is 0 Å². The number of allylic oxidation sites excluding steroid dienone is 1. The van der Waals surface area contributed by atoms with Crippen LogP contribution >= 0.6 is 0 Å². The first-order valence-corrected chi connectivity index (χ1v) is 11.4. The smallest absolute Gasteiger partial charge is 0.272 e. The van der Waals surface area contributed by atoms with Crippen molar-refractivity contribution in [3.63, 3.8) is 0 Å². The number of rotatable bonds is 3. The molecular formula is C23H29FN6O. The monoisotopic (exact) mass is 424 g/mol. The van der Waals surface area contributed by atoms with Gasteiger partial charge in [0.15, 0.2) is 11.6 Å². The SMILES string of the molecule is Cc1cn2nc([C@@H]3CCCCN3C(=O)C3=CCCC(F)=N3)cc2nc1N1CC[C@H](C)C1. The summed E-state index contributed by atoms with van der Waals surface area (Å²) in [4.78, 5) is 26.1. The topological polar surface area (TPSA) is 66.1 Å². The third-order valence-electron chi connectivity index (χ3n) is 6.60. The van der Waals surface area contributed by atoms with Crippen molar-refractivity contribution in [2.45, 2.75) is 58.4 Å². The second kappa shape index (κ2) is 8.05. The number of likely N-dealkylation sites (tertiary alicyclic amines) is 1. The van der Waals surface area contributed by atoms with Gasteiger partial charge in [0.05, 0.1) is 11.7 Å². The van der Waals surface area contributed by atoms with Crippen molar-refractivity contribution in [2.75, 3.05) is 24.5 Å². The van der Waals surface area contributed by atoms with Gasteiger partial charge in [-0.3, -0.25) is 4.79 Å². The molecule has 164 valence electrons. The van der Waals surface area contributed by atoms with Crippen LogP contribution in [-0.4, -0.2) is 51.0 Å². The summed E-state index contributed by atoms with van der Waals surface area (Å²) in [5.74, 6) is 1.04. The molecule has 7 nitrogen and oxygen atoms in total. The molecule has 3 aliphatic heterocycles. The molecule has 5 heterocycles. The quantitative estimate of drug-likeness (QED) is 0.748. The number of nitrogens with zero attached hydrogens (tertiary/aromatic N) is 6. The summed E-state index contributed by atoms with van der Waals surface area (Å²) < 4.78 is 15.5. The van der Waals surface area contributed by atoms with Crippen LogP contribution in [0.1, 0.15) is 62.7 Å². The Morgan fingerprint density at radius 2 is 2.10 bits per heavy atom. The maximum absolute atomic E-state index is 13.7. The Hall–Kier alpha value is -2.77. The van der Waals surface area contributed by atoms with Crippen molar-refractivity contribution in [1.29, 1.82) is 0 Å². The van der Waals surface area contributed by atoms with E-state index in [1.165, 1.54) is 6.42 Å². The minimum absolute atomic E-state index is 0.139. The summed E-state index contributed by atoms with van der Waals surface area (Å²) in [6.45, 7) is 7.04. The van der Waals surface area contributed by atoms with E-state index in [4.69, 9.17) is 10.1 Å². The Balaban J connectivity index is 1.45. The van der Waals surface area contributed by atoms with Crippen LogP contribution in [0.3, 0.4) is 0 Å². The lowest BCUT2D eigenvalue weighted by atomic mass is 9.98. The molecular weight excluding hydrogens is 395 g/mol. The van der Waals surface area contributed by atoms with Gasteiger partial charge in [-0.15, -0.1) is 0 Å². The maximum atomic E-state index is 13.7. The summed E-state index contributed by atoms with van der Waals surface area (Å²) in [5, 5.41) is 4.79. The molecule has 0 aromatic carbocycles. The Morgan fingerprint density at radius 1 is 1.23 bits per heavy atom. The molecule has 0 radical (unpaired) electrons. The third kappa shape index (κ3) is 3.83. The standard InChI is InChI=1S/C23H29FN6O/c1-15-9-11-28(13-15)22-16(2)14-30-21(26-22)12-18(27-30)19-7-3-4-10-29(19)23(31)17-6-5-8-20(24)25-17/h6,12,14-15,19H,3-5,7-11,13H2,1-2H3/t15-,19-/m0/s1. The summed E-state index contributed by atoms with van der Waals surface area (Å²) in [6, 6.07) is 1.86. The van der Waals surface area contributed by atoms with Gasteiger partial charge in [-0.05, 0) is 44.9 Å². The molecule has 0 spiro atoms. The van der Waals surface area contributed by atoms with E-state index >= 15 is 0 Å². The van der Waals surface area contributed by atoms with Gasteiger partial charge in [0.25, 0.3) is 5.91 Å². The van der Waals surface area contributed by atoms with Gasteiger partial charge in [0.2, 0.25) is 0 Å². The normalized spacial score (nSPS) is 24.5. The van der Waals surface area contributed by atoms with Crippen LogP contribution in [-0.2, 0) is 4.79 Å². The van der Waals surface area contributed by atoms with Gasteiger partial charge in [0.1, 0.15) is 11.5 Å². The molecule has 0 N–H and O–H groups in total. The summed E-state index contributed by atoms with van der Waals surface area (Å²) in [5.41, 5.74) is 2.96. The van der Waals surface area contributed by atoms with Gasteiger partial charge < -0.3 is 9.80 Å². The molecule has 1 amide bonds. The fourth-order valence-corrected chi connectivity index (χ4v) is 4.95. The van der Waals surface area contributed by atoms with Crippen LogP contribution in [0.5, 0.6) is 0 Å². The number of aryl methyl sites for hydroxylation is 1. The van der Waals surface area contributed by atoms with Crippen LogP contribution in [0, 0.1) is 12.8 Å². The van der Waals surface area contributed by atoms with Gasteiger partial charge in [-0.1, -0.05) is 13.0 Å². The van der Waals surface area contributed by atoms with Crippen molar-refractivity contribution >= 4 is 23.3 Å². The Bertz CT molecular complexity index is 1070. The predicted molar refractivity (Wildman–Crippen MR) is 118 cm³/mol. The third-order valence-corrected chi connectivity index (χ3v) is 6.60. The molecule has 31 heavy (non-hydrogen) atoms. The number of halogens is 1. The molecule has 0 bridgehead atoms. The van der Waals surface area contributed by atoms with Crippen LogP contribution in [0.25, 0.3) is 5.65 Å². The number of piperidine rings is 1. The lowest BCUT2D eigenvalue weighted by Crippen LogP contribution is -2.39. The summed E-state index contributed by atoms with van der Waals surface area (Å²) in [6.07, 6.45) is 8.56.